The minimum atomic E-state index is -1.41. The van der Waals surface area contributed by atoms with Gasteiger partial charge in [-0.25, -0.2) is 4.79 Å². The number of amides is 5. The molecule has 0 spiro atoms. The van der Waals surface area contributed by atoms with Crippen LogP contribution in [0.25, 0.3) is 0 Å². The van der Waals surface area contributed by atoms with E-state index in [1.54, 1.807) is 0 Å². The van der Waals surface area contributed by atoms with E-state index in [1.165, 1.54) is 11.8 Å². The van der Waals surface area contributed by atoms with Crippen LogP contribution in [-0.2, 0) is 28.8 Å². The Labute approximate surface area is 201 Å². The van der Waals surface area contributed by atoms with E-state index in [2.05, 4.69) is 28.6 Å². The van der Waals surface area contributed by atoms with E-state index in [-0.39, 0.29) is 31.4 Å². The van der Waals surface area contributed by atoms with Gasteiger partial charge in [-0.2, -0.15) is 24.4 Å². The van der Waals surface area contributed by atoms with Crippen molar-refractivity contribution in [3.05, 3.63) is 0 Å². The lowest BCUT2D eigenvalue weighted by atomic mass is 10.1. The number of carbonyl (C=O) groups excluding carboxylic acids is 5. The quantitative estimate of drug-likeness (QED) is 0.0937. The van der Waals surface area contributed by atoms with Crippen LogP contribution in [0.1, 0.15) is 32.1 Å². The highest BCUT2D eigenvalue weighted by molar-refractivity contribution is 7.98. The fraction of sp³-hybridized carbons (Fsp3) is 0.667. The third-order valence-electron chi connectivity index (χ3n) is 4.39. The van der Waals surface area contributed by atoms with Gasteiger partial charge in [0.25, 0.3) is 0 Å². The number of nitrogens with two attached hydrogens (primary N) is 3. The highest BCUT2D eigenvalue weighted by Crippen LogP contribution is 2.04. The molecule has 0 heterocycles. The lowest BCUT2D eigenvalue weighted by Crippen LogP contribution is -2.57. The van der Waals surface area contributed by atoms with Crippen molar-refractivity contribution >= 4 is 59.9 Å². The number of nitrogens with one attached hydrogen (secondary N) is 3. The van der Waals surface area contributed by atoms with E-state index in [4.69, 9.17) is 17.2 Å². The fourth-order valence-corrected chi connectivity index (χ4v) is 3.24. The van der Waals surface area contributed by atoms with Gasteiger partial charge in [-0.1, -0.05) is 0 Å². The number of thiol groups is 1. The Morgan fingerprint density at radius 2 is 1.27 bits per heavy atom. The summed E-state index contributed by atoms with van der Waals surface area (Å²) >= 11 is 5.49. The van der Waals surface area contributed by atoms with Crippen LogP contribution >= 0.6 is 24.4 Å². The zero-order valence-corrected chi connectivity index (χ0v) is 20.0. The second-order valence-corrected chi connectivity index (χ2v) is 8.45. The van der Waals surface area contributed by atoms with Gasteiger partial charge in [0, 0.05) is 18.6 Å². The molecule has 10 N–H and O–H groups in total. The lowest BCUT2D eigenvalue weighted by molar-refractivity contribution is -0.142. The largest absolute Gasteiger partial charge is 0.480 e. The van der Waals surface area contributed by atoms with E-state index >= 15 is 0 Å². The first-order chi connectivity index (χ1) is 15.4. The normalized spacial score (nSPS) is 14.3. The minimum Gasteiger partial charge on any atom is -0.480 e. The van der Waals surface area contributed by atoms with Crippen molar-refractivity contribution in [1.82, 2.24) is 16.0 Å². The maximum Gasteiger partial charge on any atom is 0.326 e. The molecule has 188 valence electrons. The zero-order valence-electron chi connectivity index (χ0n) is 18.2. The van der Waals surface area contributed by atoms with Gasteiger partial charge in [0.05, 0.1) is 6.04 Å². The van der Waals surface area contributed by atoms with Gasteiger partial charge >= 0.3 is 5.97 Å². The van der Waals surface area contributed by atoms with Gasteiger partial charge in [0.1, 0.15) is 18.1 Å². The van der Waals surface area contributed by atoms with Crippen LogP contribution in [0.15, 0.2) is 0 Å². The van der Waals surface area contributed by atoms with Crippen LogP contribution in [-0.4, -0.2) is 82.5 Å². The van der Waals surface area contributed by atoms with Crippen molar-refractivity contribution in [3.63, 3.8) is 0 Å². The van der Waals surface area contributed by atoms with Gasteiger partial charge in [-0.3, -0.25) is 24.0 Å². The number of carbonyl (C=O) groups is 6. The Balaban J connectivity index is 5.26. The summed E-state index contributed by atoms with van der Waals surface area (Å²) in [6.07, 6.45) is 1.34. The molecule has 0 aliphatic rings. The summed E-state index contributed by atoms with van der Waals surface area (Å²) in [5.41, 5.74) is 15.9. The van der Waals surface area contributed by atoms with Crippen LogP contribution in [0.2, 0.25) is 0 Å². The third-order valence-corrected chi connectivity index (χ3v) is 5.40. The Kier molecular flexibility index (Phi) is 14.9. The van der Waals surface area contributed by atoms with Gasteiger partial charge in [0.15, 0.2) is 0 Å². The Morgan fingerprint density at radius 1 is 0.818 bits per heavy atom. The van der Waals surface area contributed by atoms with Crippen molar-refractivity contribution in [2.75, 3.05) is 17.8 Å². The molecule has 0 fully saturated rings. The highest BCUT2D eigenvalue weighted by atomic mass is 32.2. The Hall–Kier alpha value is -2.52. The van der Waals surface area contributed by atoms with Gasteiger partial charge < -0.3 is 38.3 Å². The summed E-state index contributed by atoms with van der Waals surface area (Å²) in [5, 5.41) is 16.2. The third kappa shape index (κ3) is 12.9. The molecule has 0 rings (SSSR count). The standard InChI is InChI=1S/C18H32N6O7S2/c1-33-7-6-9(19)15(27)22-10(2-4-13(20)25)16(28)24-12(8-32)17(29)23-11(18(30)31)3-5-14(21)26/h9-12,32H,2-8,19H2,1H3,(H2,20,25)(H2,21,26)(H,22,27)(H,23,29)(H,24,28)(H,30,31). The van der Waals surface area contributed by atoms with Crippen LogP contribution in [0, 0.1) is 0 Å². The molecule has 0 aromatic heterocycles. The Bertz CT molecular complexity index is 724. The molecule has 0 saturated carbocycles. The molecule has 0 saturated heterocycles. The number of carboxylic acid groups (broad SMARTS) is 1. The van der Waals surface area contributed by atoms with Gasteiger partial charge in [-0.15, -0.1) is 0 Å². The number of thioether (sulfide) groups is 1. The van der Waals surface area contributed by atoms with Crippen molar-refractivity contribution in [2.45, 2.75) is 56.3 Å². The highest BCUT2D eigenvalue weighted by Gasteiger charge is 2.30. The molecule has 0 aromatic rings. The SMILES string of the molecule is CSCCC(N)C(=O)NC(CCC(N)=O)C(=O)NC(CS)C(=O)NC(CCC(N)=O)C(=O)O. The second kappa shape index (κ2) is 16.1. The summed E-state index contributed by atoms with van der Waals surface area (Å²) in [6, 6.07) is -4.78. The number of carboxylic acids is 1. The number of hydrogen-bond acceptors (Lipinski definition) is 9. The molecular weight excluding hydrogens is 476 g/mol. The first kappa shape index (κ1) is 30.5. The van der Waals surface area contributed by atoms with Crippen LogP contribution < -0.4 is 33.2 Å². The summed E-state index contributed by atoms with van der Waals surface area (Å²) in [6.45, 7) is 0. The fourth-order valence-electron chi connectivity index (χ4n) is 2.49. The predicted molar refractivity (Wildman–Crippen MR) is 125 cm³/mol. The van der Waals surface area contributed by atoms with Crippen LogP contribution in [0.4, 0.5) is 0 Å². The van der Waals surface area contributed by atoms with Crippen molar-refractivity contribution < 1.29 is 33.9 Å². The first-order valence-electron chi connectivity index (χ1n) is 9.98. The smallest absolute Gasteiger partial charge is 0.326 e. The van der Waals surface area contributed by atoms with Crippen molar-refractivity contribution in [3.8, 4) is 0 Å². The molecule has 33 heavy (non-hydrogen) atoms. The number of hydrogen-bond donors (Lipinski definition) is 8. The lowest BCUT2D eigenvalue weighted by Gasteiger charge is -2.24. The molecule has 4 unspecified atom stereocenters. The molecule has 0 aliphatic heterocycles. The molecule has 0 aromatic carbocycles. The molecule has 5 amide bonds. The molecule has 4 atom stereocenters. The minimum absolute atomic E-state index is 0.139. The van der Waals surface area contributed by atoms with E-state index in [1.807, 2.05) is 6.26 Å². The maximum absolute atomic E-state index is 12.7. The van der Waals surface area contributed by atoms with Gasteiger partial charge in [-0.05, 0) is 31.3 Å². The van der Waals surface area contributed by atoms with Crippen LogP contribution in [0.3, 0.4) is 0 Å². The summed E-state index contributed by atoms with van der Waals surface area (Å²) in [5.74, 6) is -4.70. The molecular formula is C18H32N6O7S2. The molecule has 0 bridgehead atoms. The van der Waals surface area contributed by atoms with Crippen molar-refractivity contribution in [1.29, 1.82) is 0 Å². The molecule has 15 heteroatoms. The Morgan fingerprint density at radius 3 is 1.73 bits per heavy atom. The summed E-state index contributed by atoms with van der Waals surface area (Å²) in [7, 11) is 0. The predicted octanol–water partition coefficient (Wildman–Crippen LogP) is -2.93. The first-order valence-corrected chi connectivity index (χ1v) is 12.0. The second-order valence-electron chi connectivity index (χ2n) is 7.10. The molecule has 0 radical (unpaired) electrons. The van der Waals surface area contributed by atoms with Crippen molar-refractivity contribution in [2.24, 2.45) is 17.2 Å². The number of primary amides is 2. The van der Waals surface area contributed by atoms with E-state index in [9.17, 15) is 33.9 Å². The maximum atomic E-state index is 12.7. The van der Waals surface area contributed by atoms with E-state index < -0.39 is 59.7 Å². The average Bonchev–Trinajstić information content (AvgIpc) is 2.74. The zero-order chi connectivity index (χ0) is 25.6. The average molecular weight is 509 g/mol. The number of rotatable bonds is 17. The van der Waals surface area contributed by atoms with E-state index in [0.717, 1.165) is 0 Å². The van der Waals surface area contributed by atoms with E-state index in [0.29, 0.717) is 12.2 Å². The summed E-state index contributed by atoms with van der Waals surface area (Å²) in [4.78, 5) is 70.9. The number of aliphatic carboxylic acids is 1. The topological polar surface area (TPSA) is 237 Å². The van der Waals surface area contributed by atoms with Gasteiger partial charge in [0.2, 0.25) is 29.5 Å². The summed E-state index contributed by atoms with van der Waals surface area (Å²) < 4.78 is 0. The van der Waals surface area contributed by atoms with Crippen LogP contribution in [0.5, 0.6) is 0 Å². The monoisotopic (exact) mass is 508 g/mol. The molecule has 13 nitrogen and oxygen atoms in total. The molecule has 0 aliphatic carbocycles.